The van der Waals surface area contributed by atoms with Crippen molar-refractivity contribution in [3.8, 4) is 0 Å². The lowest BCUT2D eigenvalue weighted by molar-refractivity contribution is -0.114. The quantitative estimate of drug-likeness (QED) is 0.915. The first-order chi connectivity index (χ1) is 10.5. The molecule has 1 fully saturated rings. The van der Waals surface area contributed by atoms with Gasteiger partial charge < -0.3 is 19.9 Å². The minimum atomic E-state index is -0.460. The molecular weight excluding hydrogens is 291 g/mol. The Morgan fingerprint density at radius 2 is 2.00 bits per heavy atom. The van der Waals surface area contributed by atoms with E-state index in [0.29, 0.717) is 38.6 Å². The number of amides is 2. The molecule has 0 unspecified atom stereocenters. The van der Waals surface area contributed by atoms with Gasteiger partial charge in [-0.1, -0.05) is 0 Å². The van der Waals surface area contributed by atoms with Gasteiger partial charge in [0.25, 0.3) is 0 Å². The van der Waals surface area contributed by atoms with E-state index in [-0.39, 0.29) is 17.8 Å². The fraction of sp³-hybridized carbons (Fsp3) is 0.500. The van der Waals surface area contributed by atoms with Crippen molar-refractivity contribution >= 4 is 23.6 Å². The number of nitrogens with one attached hydrogen (secondary N) is 1. The number of rotatable bonds is 3. The summed E-state index contributed by atoms with van der Waals surface area (Å²) in [4.78, 5) is 30.1. The Kier molecular flexibility index (Phi) is 5.13. The van der Waals surface area contributed by atoms with Crippen LogP contribution in [0.15, 0.2) is 12.1 Å². The van der Waals surface area contributed by atoms with E-state index < -0.39 is 5.82 Å². The van der Waals surface area contributed by atoms with Gasteiger partial charge >= 0.3 is 6.09 Å². The van der Waals surface area contributed by atoms with Gasteiger partial charge in [0, 0.05) is 33.1 Å². The number of pyridine rings is 1. The Hall–Kier alpha value is -2.38. The van der Waals surface area contributed by atoms with Crippen LogP contribution in [0, 0.1) is 5.82 Å². The van der Waals surface area contributed by atoms with Gasteiger partial charge in [-0.25, -0.2) is 14.2 Å². The monoisotopic (exact) mass is 310 g/mol. The minimum absolute atomic E-state index is 0.176. The molecule has 0 aliphatic carbocycles. The van der Waals surface area contributed by atoms with Gasteiger partial charge in [0.2, 0.25) is 5.91 Å². The highest BCUT2D eigenvalue weighted by atomic mass is 19.1. The first-order valence-corrected chi connectivity index (χ1v) is 7.12. The molecule has 1 aliphatic heterocycles. The van der Waals surface area contributed by atoms with Gasteiger partial charge in [0.05, 0.1) is 6.61 Å². The van der Waals surface area contributed by atoms with Crippen LogP contribution in [0.5, 0.6) is 0 Å². The van der Waals surface area contributed by atoms with Gasteiger partial charge in [-0.2, -0.15) is 0 Å². The first-order valence-electron chi connectivity index (χ1n) is 7.12. The van der Waals surface area contributed by atoms with E-state index >= 15 is 0 Å². The van der Waals surface area contributed by atoms with Crippen molar-refractivity contribution in [2.75, 3.05) is 43.0 Å². The molecule has 1 aromatic rings. The van der Waals surface area contributed by atoms with E-state index in [2.05, 4.69) is 10.3 Å². The van der Waals surface area contributed by atoms with E-state index in [1.807, 2.05) is 0 Å². The van der Waals surface area contributed by atoms with Crippen LogP contribution >= 0.6 is 0 Å². The number of carbonyl (C=O) groups excluding carboxylic acids is 2. The van der Waals surface area contributed by atoms with E-state index in [0.717, 1.165) is 0 Å². The molecule has 0 atom stereocenters. The number of carbonyl (C=O) groups is 2. The minimum Gasteiger partial charge on any atom is -0.450 e. The molecule has 0 spiro atoms. The zero-order valence-corrected chi connectivity index (χ0v) is 12.6. The molecule has 2 amide bonds. The largest absolute Gasteiger partial charge is 0.450 e. The molecule has 1 saturated heterocycles. The first kappa shape index (κ1) is 16.0. The molecule has 0 radical (unpaired) electrons. The van der Waals surface area contributed by atoms with Crippen molar-refractivity contribution in [1.82, 2.24) is 9.88 Å². The third-order valence-corrected chi connectivity index (χ3v) is 3.24. The number of hydrogen-bond donors (Lipinski definition) is 1. The second-order valence-electron chi connectivity index (χ2n) is 4.86. The summed E-state index contributed by atoms with van der Waals surface area (Å²) in [6.07, 6.45) is -0.359. The molecule has 0 saturated carbocycles. The summed E-state index contributed by atoms with van der Waals surface area (Å²) in [5.41, 5.74) is 0. The maximum Gasteiger partial charge on any atom is 0.409 e. The molecule has 120 valence electrons. The summed E-state index contributed by atoms with van der Waals surface area (Å²) in [6.45, 7) is 5.21. The number of halogens is 1. The van der Waals surface area contributed by atoms with Crippen molar-refractivity contribution in [2.45, 2.75) is 13.8 Å². The molecule has 2 rings (SSSR count). The topological polar surface area (TPSA) is 74.8 Å². The lowest BCUT2D eigenvalue weighted by Crippen LogP contribution is -2.49. The molecule has 1 N–H and O–H groups in total. The highest BCUT2D eigenvalue weighted by Gasteiger charge is 2.24. The second kappa shape index (κ2) is 7.06. The summed E-state index contributed by atoms with van der Waals surface area (Å²) in [5.74, 6) is -0.248. The number of hydrogen-bond acceptors (Lipinski definition) is 5. The fourth-order valence-corrected chi connectivity index (χ4v) is 2.22. The van der Waals surface area contributed by atoms with Crippen LogP contribution in [0.1, 0.15) is 13.8 Å². The highest BCUT2D eigenvalue weighted by Crippen LogP contribution is 2.21. The normalized spacial score (nSPS) is 14.7. The lowest BCUT2D eigenvalue weighted by atomic mass is 10.3. The van der Waals surface area contributed by atoms with Crippen LogP contribution in [0.25, 0.3) is 0 Å². The Bertz CT molecular complexity index is 559. The van der Waals surface area contributed by atoms with Gasteiger partial charge in [-0.15, -0.1) is 0 Å². The van der Waals surface area contributed by atoms with Gasteiger partial charge in [0.1, 0.15) is 5.82 Å². The van der Waals surface area contributed by atoms with Crippen LogP contribution in [0.2, 0.25) is 0 Å². The Morgan fingerprint density at radius 1 is 1.32 bits per heavy atom. The molecule has 1 aromatic heterocycles. The summed E-state index contributed by atoms with van der Waals surface area (Å²) in [5, 5.41) is 2.53. The summed E-state index contributed by atoms with van der Waals surface area (Å²) >= 11 is 0. The molecular formula is C14H19FN4O3. The summed E-state index contributed by atoms with van der Waals surface area (Å²) in [7, 11) is 0. The molecule has 8 heteroatoms. The predicted molar refractivity (Wildman–Crippen MR) is 79.3 cm³/mol. The zero-order chi connectivity index (χ0) is 16.1. The van der Waals surface area contributed by atoms with Crippen molar-refractivity contribution in [1.29, 1.82) is 0 Å². The van der Waals surface area contributed by atoms with Crippen molar-refractivity contribution in [3.63, 3.8) is 0 Å². The average Bonchev–Trinajstić information content (AvgIpc) is 2.49. The SMILES string of the molecule is CCOC(=O)N1CCN(c2nc(NC(C)=O)ccc2F)CC1. The Balaban J connectivity index is 2.04. The van der Waals surface area contributed by atoms with E-state index in [9.17, 15) is 14.0 Å². The maximum absolute atomic E-state index is 13.9. The highest BCUT2D eigenvalue weighted by molar-refractivity contribution is 5.87. The molecule has 7 nitrogen and oxygen atoms in total. The smallest absolute Gasteiger partial charge is 0.409 e. The number of anilines is 2. The molecule has 2 heterocycles. The fourth-order valence-electron chi connectivity index (χ4n) is 2.22. The molecule has 1 aliphatic rings. The molecule has 0 bridgehead atoms. The average molecular weight is 310 g/mol. The zero-order valence-electron chi connectivity index (χ0n) is 12.6. The van der Waals surface area contributed by atoms with Gasteiger partial charge in [0.15, 0.2) is 11.6 Å². The summed E-state index contributed by atoms with van der Waals surface area (Å²) in [6, 6.07) is 2.68. The van der Waals surface area contributed by atoms with Gasteiger partial charge in [-0.05, 0) is 19.1 Å². The summed E-state index contributed by atoms with van der Waals surface area (Å²) < 4.78 is 18.9. The number of aromatic nitrogens is 1. The third kappa shape index (κ3) is 3.84. The van der Waals surface area contributed by atoms with Crippen molar-refractivity contribution in [3.05, 3.63) is 17.9 Å². The van der Waals surface area contributed by atoms with Crippen LogP contribution in [-0.4, -0.2) is 54.7 Å². The van der Waals surface area contributed by atoms with Gasteiger partial charge in [-0.3, -0.25) is 4.79 Å². The van der Waals surface area contributed by atoms with E-state index in [4.69, 9.17) is 4.74 Å². The number of ether oxygens (including phenoxy) is 1. The standard InChI is InChI=1S/C14H19FN4O3/c1-3-22-14(21)19-8-6-18(7-9-19)13-11(15)4-5-12(17-13)16-10(2)20/h4-5H,3,6-9H2,1-2H3,(H,16,17,20). The third-order valence-electron chi connectivity index (χ3n) is 3.24. The predicted octanol–water partition coefficient (Wildman–Crippen LogP) is 1.46. The van der Waals surface area contributed by atoms with Crippen LogP contribution < -0.4 is 10.2 Å². The Labute approximate surface area is 128 Å². The number of nitrogens with zero attached hydrogens (tertiary/aromatic N) is 3. The van der Waals surface area contributed by atoms with Crippen LogP contribution in [-0.2, 0) is 9.53 Å². The lowest BCUT2D eigenvalue weighted by Gasteiger charge is -2.34. The van der Waals surface area contributed by atoms with E-state index in [1.54, 1.807) is 16.7 Å². The van der Waals surface area contributed by atoms with Crippen LogP contribution in [0.4, 0.5) is 20.8 Å². The van der Waals surface area contributed by atoms with Crippen molar-refractivity contribution in [2.24, 2.45) is 0 Å². The maximum atomic E-state index is 13.9. The van der Waals surface area contributed by atoms with Crippen LogP contribution in [0.3, 0.4) is 0 Å². The molecule has 22 heavy (non-hydrogen) atoms. The second-order valence-corrected chi connectivity index (χ2v) is 4.86. The molecule has 0 aromatic carbocycles. The number of piperazine rings is 1. The van der Waals surface area contributed by atoms with Crippen molar-refractivity contribution < 1.29 is 18.7 Å². The van der Waals surface area contributed by atoms with E-state index in [1.165, 1.54) is 19.1 Å². The Morgan fingerprint density at radius 3 is 2.59 bits per heavy atom.